The second-order valence-electron chi connectivity index (χ2n) is 5.40. The minimum absolute atomic E-state index is 0.0710. The van der Waals surface area contributed by atoms with Crippen LogP contribution in [0.1, 0.15) is 35.7 Å². The molecule has 0 atom stereocenters. The average molecular weight is 375 g/mol. The van der Waals surface area contributed by atoms with E-state index in [1.807, 2.05) is 6.92 Å². The minimum atomic E-state index is -3.89. The summed E-state index contributed by atoms with van der Waals surface area (Å²) in [6.07, 6.45) is 1.93. The van der Waals surface area contributed by atoms with E-state index in [-0.39, 0.29) is 21.8 Å². The van der Waals surface area contributed by atoms with Crippen molar-refractivity contribution in [1.29, 1.82) is 0 Å². The summed E-state index contributed by atoms with van der Waals surface area (Å²) >= 11 is 0. The number of benzene rings is 1. The number of nitrogens with two attached hydrogens (primary N) is 2. The molecule has 134 valence electrons. The Morgan fingerprint density at radius 1 is 1.12 bits per heavy atom. The fraction of sp³-hybridized carbons (Fsp3) is 0.429. The van der Waals surface area contributed by atoms with Crippen LogP contribution >= 0.6 is 0 Å². The molecule has 0 aromatic heterocycles. The van der Waals surface area contributed by atoms with Gasteiger partial charge in [-0.05, 0) is 31.0 Å². The van der Waals surface area contributed by atoms with Gasteiger partial charge in [-0.1, -0.05) is 13.3 Å². The molecule has 0 fully saturated rings. The van der Waals surface area contributed by atoms with Gasteiger partial charge in [0.05, 0.1) is 15.5 Å². The molecule has 0 saturated carbocycles. The molecule has 0 saturated heterocycles. The zero-order chi connectivity index (χ0) is 18.7. The zero-order valence-electron chi connectivity index (χ0n) is 13.7. The van der Waals surface area contributed by atoms with Crippen LogP contribution in [0.5, 0.6) is 0 Å². The van der Waals surface area contributed by atoms with Gasteiger partial charge in [0.1, 0.15) is 0 Å². The molecule has 8 nitrogen and oxygen atoms in total. The van der Waals surface area contributed by atoms with Crippen LogP contribution < -0.4 is 11.5 Å². The van der Waals surface area contributed by atoms with Crippen LogP contribution in [0.4, 0.5) is 0 Å². The van der Waals surface area contributed by atoms with Gasteiger partial charge in [-0.3, -0.25) is 4.79 Å². The third-order valence-electron chi connectivity index (χ3n) is 3.25. The smallest absolute Gasteiger partial charge is 0.280 e. The maximum Gasteiger partial charge on any atom is 0.280 e. The lowest BCUT2D eigenvalue weighted by molar-refractivity contribution is 0.100. The number of hydrogen-bond acceptors (Lipinski definition) is 5. The quantitative estimate of drug-likeness (QED) is 0.539. The summed E-state index contributed by atoms with van der Waals surface area (Å²) < 4.78 is 48.9. The van der Waals surface area contributed by atoms with E-state index in [9.17, 15) is 21.6 Å². The van der Waals surface area contributed by atoms with Crippen LogP contribution in [0.2, 0.25) is 0 Å². The number of carbonyl (C=O) groups is 1. The highest BCUT2D eigenvalue weighted by atomic mass is 32.2. The van der Waals surface area contributed by atoms with Gasteiger partial charge in [0.2, 0.25) is 0 Å². The molecule has 0 aliphatic carbocycles. The molecule has 10 heteroatoms. The summed E-state index contributed by atoms with van der Waals surface area (Å²) in [5.41, 5.74) is 10.5. The van der Waals surface area contributed by atoms with Crippen LogP contribution in [0.25, 0.3) is 0 Å². The van der Waals surface area contributed by atoms with Gasteiger partial charge in [0.15, 0.2) is 25.6 Å². The first-order valence-corrected chi connectivity index (χ1v) is 10.7. The summed E-state index contributed by atoms with van der Waals surface area (Å²) in [5, 5.41) is 0. The maximum absolute atomic E-state index is 12.5. The predicted molar refractivity (Wildman–Crippen MR) is 91.4 cm³/mol. The summed E-state index contributed by atoms with van der Waals surface area (Å²) in [7, 11) is -7.69. The number of guanidine groups is 1. The Bertz CT molecular complexity index is 883. The largest absolute Gasteiger partial charge is 0.370 e. The number of hydrogen-bond donors (Lipinski definition) is 2. The van der Waals surface area contributed by atoms with Gasteiger partial charge in [-0.25, -0.2) is 16.8 Å². The topological polar surface area (TPSA) is 150 Å². The highest BCUT2D eigenvalue weighted by Gasteiger charge is 2.26. The molecule has 1 aromatic carbocycles. The van der Waals surface area contributed by atoms with E-state index in [1.165, 1.54) is 13.0 Å². The van der Waals surface area contributed by atoms with Crippen molar-refractivity contribution >= 4 is 31.5 Å². The Hall–Kier alpha value is -1.94. The molecule has 1 amide bonds. The van der Waals surface area contributed by atoms with Crippen LogP contribution in [0.3, 0.4) is 0 Å². The van der Waals surface area contributed by atoms with E-state index in [0.29, 0.717) is 12.8 Å². The second-order valence-corrected chi connectivity index (χ2v) is 9.46. The molecule has 4 N–H and O–H groups in total. The van der Waals surface area contributed by atoms with Crippen molar-refractivity contribution in [2.45, 2.75) is 36.5 Å². The van der Waals surface area contributed by atoms with E-state index in [1.54, 1.807) is 0 Å². The van der Waals surface area contributed by atoms with E-state index in [4.69, 9.17) is 11.5 Å². The summed E-state index contributed by atoms with van der Waals surface area (Å²) in [4.78, 5) is 14.6. The third-order valence-corrected chi connectivity index (χ3v) is 6.35. The van der Waals surface area contributed by atoms with Crippen molar-refractivity contribution in [3.63, 3.8) is 0 Å². The molecule has 0 spiro atoms. The lowest BCUT2D eigenvalue weighted by Gasteiger charge is -2.12. The fourth-order valence-corrected chi connectivity index (χ4v) is 5.25. The van der Waals surface area contributed by atoms with Crippen molar-refractivity contribution in [2.24, 2.45) is 16.5 Å². The number of aryl methyl sites for hydroxylation is 1. The molecule has 0 unspecified atom stereocenters. The third kappa shape index (κ3) is 4.78. The van der Waals surface area contributed by atoms with Gasteiger partial charge in [0.25, 0.3) is 5.91 Å². The first-order valence-electron chi connectivity index (χ1n) is 7.11. The molecular formula is C14H21N3O5S2. The standard InChI is InChI=1S/C14H21N3O5S2/c1-4-5-6-24(21,22)12-7-9(2)10(13(18)17-14(15)16)8-11(12)23(3,19)20/h7-8H,4-6H2,1-3H3,(H4,15,16,17,18). The van der Waals surface area contributed by atoms with E-state index >= 15 is 0 Å². The number of amides is 1. The Morgan fingerprint density at radius 3 is 2.17 bits per heavy atom. The van der Waals surface area contributed by atoms with Crippen LogP contribution in [0.15, 0.2) is 26.9 Å². The van der Waals surface area contributed by atoms with Crippen molar-refractivity contribution in [3.8, 4) is 0 Å². The molecule has 24 heavy (non-hydrogen) atoms. The van der Waals surface area contributed by atoms with Crippen molar-refractivity contribution < 1.29 is 21.6 Å². The first kappa shape index (κ1) is 20.1. The van der Waals surface area contributed by atoms with Crippen LogP contribution in [0, 0.1) is 6.92 Å². The predicted octanol–water partition coefficient (Wildman–Crippen LogP) is 0.386. The molecule has 0 heterocycles. The molecule has 0 aliphatic rings. The number of carbonyl (C=O) groups excluding carboxylic acids is 1. The summed E-state index contributed by atoms with van der Waals surface area (Å²) in [6.45, 7) is 3.32. The Labute approximate surface area is 141 Å². The van der Waals surface area contributed by atoms with E-state index < -0.39 is 36.4 Å². The highest BCUT2D eigenvalue weighted by Crippen LogP contribution is 2.27. The van der Waals surface area contributed by atoms with Crippen LogP contribution in [-0.2, 0) is 19.7 Å². The monoisotopic (exact) mass is 375 g/mol. The molecule has 0 radical (unpaired) electrons. The first-order chi connectivity index (χ1) is 10.9. The van der Waals surface area contributed by atoms with E-state index in [0.717, 1.165) is 12.3 Å². The van der Waals surface area contributed by atoms with Gasteiger partial charge in [-0.2, -0.15) is 4.99 Å². The van der Waals surface area contributed by atoms with E-state index in [2.05, 4.69) is 4.99 Å². The second kappa shape index (κ2) is 7.31. The molecule has 0 bridgehead atoms. The van der Waals surface area contributed by atoms with Crippen LogP contribution in [-0.4, -0.2) is 40.7 Å². The fourth-order valence-electron chi connectivity index (χ4n) is 2.05. The number of unbranched alkanes of at least 4 members (excludes halogenated alkanes) is 1. The van der Waals surface area contributed by atoms with Crippen molar-refractivity contribution in [2.75, 3.05) is 12.0 Å². The molecule has 1 aromatic rings. The Balaban J connectivity index is 3.68. The Morgan fingerprint density at radius 2 is 1.71 bits per heavy atom. The average Bonchev–Trinajstić information content (AvgIpc) is 2.42. The summed E-state index contributed by atoms with van der Waals surface area (Å²) in [5.74, 6) is -1.48. The molecule has 1 rings (SSSR count). The van der Waals surface area contributed by atoms with Crippen molar-refractivity contribution in [3.05, 3.63) is 23.3 Å². The highest BCUT2D eigenvalue weighted by molar-refractivity contribution is 7.94. The number of aliphatic imine (C=N–C) groups is 1. The molecule has 0 aliphatic heterocycles. The normalized spacial score (nSPS) is 12.0. The zero-order valence-corrected chi connectivity index (χ0v) is 15.4. The number of nitrogens with zero attached hydrogens (tertiary/aromatic N) is 1. The van der Waals surface area contributed by atoms with Gasteiger partial charge in [-0.15, -0.1) is 0 Å². The maximum atomic E-state index is 12.5. The SMILES string of the molecule is CCCCS(=O)(=O)c1cc(C)c(C(=O)N=C(N)N)cc1S(C)(=O)=O. The summed E-state index contributed by atoms with van der Waals surface area (Å²) in [6, 6.07) is 2.19. The minimum Gasteiger partial charge on any atom is -0.370 e. The lowest BCUT2D eigenvalue weighted by Crippen LogP contribution is -2.24. The Kier molecular flexibility index (Phi) is 6.12. The van der Waals surface area contributed by atoms with Gasteiger partial charge < -0.3 is 11.5 Å². The molecular weight excluding hydrogens is 354 g/mol. The number of sulfone groups is 2. The number of rotatable bonds is 6. The van der Waals surface area contributed by atoms with Gasteiger partial charge in [0, 0.05) is 11.8 Å². The lowest BCUT2D eigenvalue weighted by atomic mass is 10.1. The van der Waals surface area contributed by atoms with Gasteiger partial charge >= 0.3 is 0 Å². The van der Waals surface area contributed by atoms with Crippen molar-refractivity contribution in [1.82, 2.24) is 0 Å².